The molecule has 43 heavy (non-hydrogen) atoms. The Balaban J connectivity index is 1.26. The molecule has 8 aromatic carbocycles. The van der Waals surface area contributed by atoms with Gasteiger partial charge in [0.2, 0.25) is 0 Å². The van der Waals surface area contributed by atoms with Crippen LogP contribution in [0.2, 0.25) is 0 Å². The van der Waals surface area contributed by atoms with Crippen LogP contribution in [0, 0.1) is 0 Å². The molecule has 0 spiro atoms. The first-order chi connectivity index (χ1) is 21.3. The van der Waals surface area contributed by atoms with Crippen molar-refractivity contribution in [2.75, 3.05) is 0 Å². The smallest absolute Gasteiger partial charge is 0.136 e. The lowest BCUT2D eigenvalue weighted by atomic mass is 9.85. The van der Waals surface area contributed by atoms with Crippen molar-refractivity contribution in [2.24, 2.45) is 0 Å². The molecule has 0 bridgehead atoms. The van der Waals surface area contributed by atoms with Crippen LogP contribution in [-0.4, -0.2) is 0 Å². The minimum absolute atomic E-state index is 0.927. The second-order valence-corrected chi connectivity index (χ2v) is 11.5. The maximum Gasteiger partial charge on any atom is 0.136 e. The van der Waals surface area contributed by atoms with Gasteiger partial charge in [0.15, 0.2) is 0 Å². The monoisotopic (exact) mass is 548 g/mol. The Morgan fingerprint density at radius 2 is 0.930 bits per heavy atom. The standard InChI is InChI=1S/C42H28O/c1-3-15-30-27(11-1)13-9-21-35(30)41-36-19-7-5-17-32(36)34(33-18-6-8-20-37(33)41)25-23-29-14-10-22-38-40(29)42-31-16-4-2-12-28(31)24-26-39(42)43-38/h1-22,24,26H,23,25H2. The Kier molecular flexibility index (Phi) is 5.39. The predicted molar refractivity (Wildman–Crippen MR) is 183 cm³/mol. The zero-order valence-electron chi connectivity index (χ0n) is 23.7. The molecule has 0 aliphatic carbocycles. The quantitative estimate of drug-likeness (QED) is 0.199. The molecule has 1 heterocycles. The van der Waals surface area contributed by atoms with Gasteiger partial charge >= 0.3 is 0 Å². The second-order valence-electron chi connectivity index (χ2n) is 11.5. The third kappa shape index (κ3) is 3.72. The molecule has 0 aliphatic rings. The molecule has 0 fully saturated rings. The predicted octanol–water partition coefficient (Wildman–Crippen LogP) is 11.7. The van der Waals surface area contributed by atoms with Crippen molar-refractivity contribution in [1.82, 2.24) is 0 Å². The average Bonchev–Trinajstić information content (AvgIpc) is 3.46. The summed E-state index contributed by atoms with van der Waals surface area (Å²) in [6.45, 7) is 0. The second kappa shape index (κ2) is 9.58. The summed E-state index contributed by atoms with van der Waals surface area (Å²) in [4.78, 5) is 0. The summed E-state index contributed by atoms with van der Waals surface area (Å²) in [6, 6.07) is 52.8. The van der Waals surface area contributed by atoms with Crippen LogP contribution in [0.5, 0.6) is 0 Å². The highest BCUT2D eigenvalue weighted by Crippen LogP contribution is 2.43. The summed E-state index contributed by atoms with van der Waals surface area (Å²) in [5.41, 5.74) is 7.27. The molecule has 0 N–H and O–H groups in total. The molecule has 0 saturated carbocycles. The SMILES string of the molecule is c1ccc2c(-c3c4ccccc4c(CCc4cccc5oc6ccc7ccccc7c6c45)c4ccccc34)cccc2c1. The number of fused-ring (bicyclic) bond motifs is 8. The van der Waals surface area contributed by atoms with Crippen LogP contribution < -0.4 is 0 Å². The van der Waals surface area contributed by atoms with Crippen LogP contribution in [0.3, 0.4) is 0 Å². The minimum atomic E-state index is 0.927. The highest BCUT2D eigenvalue weighted by molar-refractivity contribution is 6.20. The average molecular weight is 549 g/mol. The van der Waals surface area contributed by atoms with Crippen molar-refractivity contribution >= 4 is 65.0 Å². The van der Waals surface area contributed by atoms with E-state index in [1.165, 1.54) is 76.1 Å². The Labute approximate surface area is 249 Å². The van der Waals surface area contributed by atoms with E-state index in [9.17, 15) is 0 Å². The molecule has 1 heteroatoms. The third-order valence-corrected chi connectivity index (χ3v) is 9.22. The topological polar surface area (TPSA) is 13.1 Å². The highest BCUT2D eigenvalue weighted by atomic mass is 16.3. The molecule has 0 aliphatic heterocycles. The van der Waals surface area contributed by atoms with E-state index in [1.807, 2.05) is 0 Å². The van der Waals surface area contributed by atoms with Gasteiger partial charge in [-0.1, -0.05) is 133 Å². The molecule has 202 valence electrons. The van der Waals surface area contributed by atoms with Gasteiger partial charge in [0, 0.05) is 10.8 Å². The van der Waals surface area contributed by atoms with Crippen molar-refractivity contribution in [2.45, 2.75) is 12.8 Å². The first-order valence-corrected chi connectivity index (χ1v) is 15.1. The van der Waals surface area contributed by atoms with Gasteiger partial charge in [-0.25, -0.2) is 0 Å². The lowest BCUT2D eigenvalue weighted by Gasteiger charge is -2.18. The molecular formula is C42H28O. The highest BCUT2D eigenvalue weighted by Gasteiger charge is 2.18. The van der Waals surface area contributed by atoms with E-state index >= 15 is 0 Å². The van der Waals surface area contributed by atoms with E-state index in [2.05, 4.69) is 146 Å². The van der Waals surface area contributed by atoms with E-state index in [0.29, 0.717) is 0 Å². The van der Waals surface area contributed by atoms with Gasteiger partial charge in [0.1, 0.15) is 11.2 Å². The van der Waals surface area contributed by atoms with E-state index in [0.717, 1.165) is 24.0 Å². The maximum absolute atomic E-state index is 6.39. The molecule has 0 atom stereocenters. The third-order valence-electron chi connectivity index (χ3n) is 9.22. The number of benzene rings is 8. The van der Waals surface area contributed by atoms with Gasteiger partial charge in [0.25, 0.3) is 0 Å². The summed E-state index contributed by atoms with van der Waals surface area (Å²) in [6.07, 6.45) is 1.87. The summed E-state index contributed by atoms with van der Waals surface area (Å²) < 4.78 is 6.39. The Morgan fingerprint density at radius 3 is 1.67 bits per heavy atom. The fraction of sp³-hybridized carbons (Fsp3) is 0.0476. The fourth-order valence-electron chi connectivity index (χ4n) is 7.35. The van der Waals surface area contributed by atoms with Crippen LogP contribution >= 0.6 is 0 Å². The Morgan fingerprint density at radius 1 is 0.372 bits per heavy atom. The zero-order valence-corrected chi connectivity index (χ0v) is 23.7. The fourth-order valence-corrected chi connectivity index (χ4v) is 7.35. The van der Waals surface area contributed by atoms with Crippen molar-refractivity contribution in [3.05, 3.63) is 157 Å². The summed E-state index contributed by atoms with van der Waals surface area (Å²) in [5.74, 6) is 0. The van der Waals surface area contributed by atoms with Gasteiger partial charge < -0.3 is 4.42 Å². The van der Waals surface area contributed by atoms with E-state index < -0.39 is 0 Å². The van der Waals surface area contributed by atoms with Crippen LogP contribution in [0.1, 0.15) is 11.1 Å². The van der Waals surface area contributed by atoms with Crippen LogP contribution in [0.25, 0.3) is 76.2 Å². The number of rotatable bonds is 4. The summed E-state index contributed by atoms with van der Waals surface area (Å²) in [5, 5.41) is 12.8. The van der Waals surface area contributed by atoms with Crippen molar-refractivity contribution < 1.29 is 4.42 Å². The van der Waals surface area contributed by atoms with Crippen molar-refractivity contribution in [3.63, 3.8) is 0 Å². The Bertz CT molecular complexity index is 2450. The number of aryl methyl sites for hydroxylation is 2. The maximum atomic E-state index is 6.39. The van der Waals surface area contributed by atoms with E-state index in [-0.39, 0.29) is 0 Å². The molecule has 0 unspecified atom stereocenters. The number of hydrogen-bond donors (Lipinski definition) is 0. The van der Waals surface area contributed by atoms with Crippen LogP contribution in [0.15, 0.2) is 150 Å². The lowest BCUT2D eigenvalue weighted by molar-refractivity contribution is 0.669. The number of furan rings is 1. The summed E-state index contributed by atoms with van der Waals surface area (Å²) >= 11 is 0. The van der Waals surface area contributed by atoms with Gasteiger partial charge in [-0.05, 0) is 90.3 Å². The first kappa shape index (κ1) is 24.2. The first-order valence-electron chi connectivity index (χ1n) is 15.1. The van der Waals surface area contributed by atoms with Gasteiger partial charge in [-0.15, -0.1) is 0 Å². The normalized spacial score (nSPS) is 11.9. The largest absolute Gasteiger partial charge is 0.456 e. The van der Waals surface area contributed by atoms with Gasteiger partial charge in [-0.3, -0.25) is 0 Å². The molecule has 1 aromatic heterocycles. The molecule has 0 saturated heterocycles. The van der Waals surface area contributed by atoms with E-state index in [1.54, 1.807) is 0 Å². The van der Waals surface area contributed by atoms with Gasteiger partial charge in [0.05, 0.1) is 0 Å². The van der Waals surface area contributed by atoms with Crippen LogP contribution in [0.4, 0.5) is 0 Å². The molecular weight excluding hydrogens is 520 g/mol. The summed E-state index contributed by atoms with van der Waals surface area (Å²) in [7, 11) is 0. The van der Waals surface area contributed by atoms with Gasteiger partial charge in [-0.2, -0.15) is 0 Å². The molecule has 0 amide bonds. The molecule has 1 nitrogen and oxygen atoms in total. The van der Waals surface area contributed by atoms with Crippen molar-refractivity contribution in [1.29, 1.82) is 0 Å². The van der Waals surface area contributed by atoms with Crippen LogP contribution in [-0.2, 0) is 12.8 Å². The Hall–Kier alpha value is -5.40. The van der Waals surface area contributed by atoms with E-state index in [4.69, 9.17) is 4.42 Å². The number of hydrogen-bond acceptors (Lipinski definition) is 1. The molecule has 9 rings (SSSR count). The lowest BCUT2D eigenvalue weighted by Crippen LogP contribution is -1.97. The molecule has 9 aromatic rings. The molecule has 0 radical (unpaired) electrons. The van der Waals surface area contributed by atoms with Crippen molar-refractivity contribution in [3.8, 4) is 11.1 Å². The minimum Gasteiger partial charge on any atom is -0.456 e. The zero-order chi connectivity index (χ0) is 28.3.